The quantitative estimate of drug-likeness (QED) is 0.144. The van der Waals surface area contributed by atoms with E-state index >= 15 is 0 Å². The lowest BCUT2D eigenvalue weighted by molar-refractivity contribution is -0.277. The Hall–Kier alpha value is -3.71. The molecule has 16 nitrogen and oxygen atoms in total. The van der Waals surface area contributed by atoms with E-state index in [9.17, 15) is 55.9 Å². The molecule has 2 aromatic carbocycles. The molecule has 0 unspecified atom stereocenters. The molecule has 0 radical (unpaired) electrons. The summed E-state index contributed by atoms with van der Waals surface area (Å²) in [6.07, 6.45) is -16.1. The summed E-state index contributed by atoms with van der Waals surface area (Å²) in [4.78, 5) is 13.6. The van der Waals surface area contributed by atoms with Gasteiger partial charge in [-0.05, 0) is 25.1 Å². The van der Waals surface area contributed by atoms with Gasteiger partial charge in [0, 0.05) is 17.7 Å². The number of phenols is 3. The average Bonchev–Trinajstić information content (AvgIpc) is 2.96. The molecule has 3 heterocycles. The van der Waals surface area contributed by atoms with Crippen LogP contribution in [0.15, 0.2) is 39.5 Å². The average molecular weight is 611 g/mol. The molecular formula is C27H30O16. The number of benzene rings is 2. The molecule has 0 saturated carbocycles. The number of ether oxygens (including phenoxy) is 4. The molecule has 16 heteroatoms. The molecule has 0 bridgehead atoms. The molecule has 10 atom stereocenters. The third-order valence-electron chi connectivity index (χ3n) is 7.27. The fourth-order valence-electron chi connectivity index (χ4n) is 4.83. The molecule has 43 heavy (non-hydrogen) atoms. The Bertz CT molecular complexity index is 1540. The highest BCUT2D eigenvalue weighted by Crippen LogP contribution is 2.40. The number of rotatable bonds is 6. The first-order chi connectivity index (χ1) is 20.3. The zero-order valence-electron chi connectivity index (χ0n) is 22.3. The Balaban J connectivity index is 1.60. The maximum Gasteiger partial charge on any atom is 0.239 e. The zero-order chi connectivity index (χ0) is 31.3. The molecule has 2 saturated heterocycles. The van der Waals surface area contributed by atoms with Crippen molar-refractivity contribution in [3.8, 4) is 40.1 Å². The van der Waals surface area contributed by atoms with Gasteiger partial charge >= 0.3 is 0 Å². The van der Waals surface area contributed by atoms with Gasteiger partial charge in [0.05, 0.1) is 12.7 Å². The first-order valence-electron chi connectivity index (χ1n) is 13.0. The van der Waals surface area contributed by atoms with Crippen LogP contribution in [0.5, 0.6) is 28.7 Å². The number of aliphatic hydroxyl groups excluding tert-OH is 7. The summed E-state index contributed by atoms with van der Waals surface area (Å²) in [6.45, 7) is 0.649. The first-order valence-corrected chi connectivity index (χ1v) is 13.0. The lowest BCUT2D eigenvalue weighted by atomic mass is 9.99. The number of aromatic hydroxyl groups is 3. The van der Waals surface area contributed by atoms with E-state index in [1.165, 1.54) is 13.0 Å². The van der Waals surface area contributed by atoms with Crippen LogP contribution in [0.1, 0.15) is 6.92 Å². The van der Waals surface area contributed by atoms with E-state index in [0.717, 1.165) is 24.3 Å². The Morgan fingerprint density at radius 3 is 2.09 bits per heavy atom. The molecule has 1 aromatic heterocycles. The largest absolute Gasteiger partial charge is 0.508 e. The van der Waals surface area contributed by atoms with Gasteiger partial charge in [-0.2, -0.15) is 0 Å². The molecule has 2 fully saturated rings. The number of fused-ring (bicyclic) bond motifs is 1. The molecule has 0 amide bonds. The van der Waals surface area contributed by atoms with Gasteiger partial charge in [0.1, 0.15) is 65.2 Å². The number of aliphatic hydroxyl groups is 7. The minimum Gasteiger partial charge on any atom is -0.508 e. The van der Waals surface area contributed by atoms with Crippen molar-refractivity contribution < 1.29 is 74.4 Å². The van der Waals surface area contributed by atoms with Gasteiger partial charge in [-0.15, -0.1) is 0 Å². The SMILES string of the molecule is C[C@@H]1O[C@@H](Oc2c(-c3ccc(O)c(O[C@@H]4O[C@H](CO)[C@@H](O)[C@H](O)[C@H]4O)c3)oc3cc(O)cc(O)c3c2=O)[C@H](O)[C@H](O)[C@H]1O. The van der Waals surface area contributed by atoms with Crippen LogP contribution in [0, 0.1) is 0 Å². The summed E-state index contributed by atoms with van der Waals surface area (Å²) in [5.74, 6) is -3.09. The van der Waals surface area contributed by atoms with Gasteiger partial charge in [0.25, 0.3) is 0 Å². The standard InChI is InChI=1S/C27H30O16/c1-8-17(32)20(35)22(37)26(39-8)43-25-19(34)16-12(31)5-10(29)6-14(16)40-24(25)9-2-3-11(30)13(4-9)41-27-23(38)21(36)18(33)15(7-28)42-27/h2-6,8,15,17-18,20-23,26-33,35-38H,7H2,1H3/t8-,15+,17-,18+,20+,21-,22+,23+,26-,27+/m0/s1. The van der Waals surface area contributed by atoms with Crippen molar-refractivity contribution in [1.82, 2.24) is 0 Å². The van der Waals surface area contributed by atoms with E-state index in [1.807, 2.05) is 0 Å². The molecule has 0 aliphatic carbocycles. The van der Waals surface area contributed by atoms with Crippen molar-refractivity contribution in [3.05, 3.63) is 40.6 Å². The highest BCUT2D eigenvalue weighted by Gasteiger charge is 2.46. The molecule has 5 rings (SSSR count). The molecule has 2 aliphatic rings. The van der Waals surface area contributed by atoms with Crippen LogP contribution in [0.4, 0.5) is 0 Å². The van der Waals surface area contributed by atoms with Crippen LogP contribution in [-0.4, -0.2) is 119 Å². The monoisotopic (exact) mass is 610 g/mol. The van der Waals surface area contributed by atoms with Gasteiger partial charge in [-0.3, -0.25) is 4.79 Å². The second-order valence-corrected chi connectivity index (χ2v) is 10.2. The second kappa shape index (κ2) is 11.8. The van der Waals surface area contributed by atoms with Crippen LogP contribution in [0.25, 0.3) is 22.3 Å². The van der Waals surface area contributed by atoms with Crippen LogP contribution in [-0.2, 0) is 9.47 Å². The highest BCUT2D eigenvalue weighted by atomic mass is 16.7. The van der Waals surface area contributed by atoms with Crippen molar-refractivity contribution in [2.45, 2.75) is 68.3 Å². The molecule has 2 aliphatic heterocycles. The fourth-order valence-corrected chi connectivity index (χ4v) is 4.83. The third kappa shape index (κ3) is 5.55. The molecular weight excluding hydrogens is 580 g/mol. The summed E-state index contributed by atoms with van der Waals surface area (Å²) in [5.41, 5.74) is -1.35. The van der Waals surface area contributed by atoms with Crippen LogP contribution in [0.3, 0.4) is 0 Å². The number of hydrogen-bond acceptors (Lipinski definition) is 16. The normalized spacial score (nSPS) is 32.9. The van der Waals surface area contributed by atoms with Crippen molar-refractivity contribution in [1.29, 1.82) is 0 Å². The predicted octanol–water partition coefficient (Wildman–Crippen LogP) is -2.04. The van der Waals surface area contributed by atoms with E-state index in [-0.39, 0.29) is 11.1 Å². The maximum absolute atomic E-state index is 13.6. The first kappa shape index (κ1) is 30.7. The van der Waals surface area contributed by atoms with E-state index in [2.05, 4.69) is 0 Å². The summed E-state index contributed by atoms with van der Waals surface area (Å²) in [6, 6.07) is 5.36. The molecule has 10 N–H and O–H groups in total. The molecule has 3 aromatic rings. The minimum atomic E-state index is -1.84. The van der Waals surface area contributed by atoms with Gasteiger partial charge in [-0.25, -0.2) is 0 Å². The van der Waals surface area contributed by atoms with E-state index in [0.29, 0.717) is 0 Å². The molecule has 234 valence electrons. The Kier molecular flexibility index (Phi) is 8.41. The topological polar surface area (TPSA) is 269 Å². The minimum absolute atomic E-state index is 0.0480. The molecule has 0 spiro atoms. The zero-order valence-corrected chi connectivity index (χ0v) is 22.3. The lowest BCUT2D eigenvalue weighted by Crippen LogP contribution is -2.60. The lowest BCUT2D eigenvalue weighted by Gasteiger charge is -2.39. The maximum atomic E-state index is 13.6. The van der Waals surface area contributed by atoms with E-state index in [1.54, 1.807) is 0 Å². The summed E-state index contributed by atoms with van der Waals surface area (Å²) in [7, 11) is 0. The summed E-state index contributed by atoms with van der Waals surface area (Å²) < 4.78 is 27.8. The summed E-state index contributed by atoms with van der Waals surface area (Å²) in [5, 5.41) is 101. The number of hydrogen-bond donors (Lipinski definition) is 10. The van der Waals surface area contributed by atoms with Crippen molar-refractivity contribution in [2.75, 3.05) is 6.61 Å². The fraction of sp³-hybridized carbons (Fsp3) is 0.444. The number of phenolic OH excluding ortho intramolecular Hbond substituents is 3. The van der Waals surface area contributed by atoms with Gasteiger partial charge in [0.2, 0.25) is 23.8 Å². The van der Waals surface area contributed by atoms with Crippen LogP contribution >= 0.6 is 0 Å². The van der Waals surface area contributed by atoms with Gasteiger partial charge in [0.15, 0.2) is 17.3 Å². The Labute approximate surface area is 241 Å². The van der Waals surface area contributed by atoms with E-state index in [4.69, 9.17) is 23.4 Å². The Morgan fingerprint density at radius 2 is 1.42 bits per heavy atom. The second-order valence-electron chi connectivity index (χ2n) is 10.2. The van der Waals surface area contributed by atoms with E-state index < -0.39 is 113 Å². The van der Waals surface area contributed by atoms with Crippen molar-refractivity contribution >= 4 is 11.0 Å². The predicted molar refractivity (Wildman–Crippen MR) is 140 cm³/mol. The smallest absolute Gasteiger partial charge is 0.239 e. The van der Waals surface area contributed by atoms with Crippen molar-refractivity contribution in [3.63, 3.8) is 0 Å². The van der Waals surface area contributed by atoms with Crippen LogP contribution < -0.4 is 14.9 Å². The third-order valence-corrected chi connectivity index (χ3v) is 7.27. The summed E-state index contributed by atoms with van der Waals surface area (Å²) >= 11 is 0. The Morgan fingerprint density at radius 1 is 0.767 bits per heavy atom. The highest BCUT2D eigenvalue weighted by molar-refractivity contribution is 5.88. The van der Waals surface area contributed by atoms with Gasteiger partial charge in [-0.1, -0.05) is 0 Å². The van der Waals surface area contributed by atoms with Gasteiger partial charge < -0.3 is 74.4 Å². The van der Waals surface area contributed by atoms with Crippen molar-refractivity contribution in [2.24, 2.45) is 0 Å². The van der Waals surface area contributed by atoms with Crippen LogP contribution in [0.2, 0.25) is 0 Å².